The first kappa shape index (κ1) is 20.0. The van der Waals surface area contributed by atoms with E-state index in [2.05, 4.69) is 20.2 Å². The smallest absolute Gasteiger partial charge is 0.293 e. The van der Waals surface area contributed by atoms with Gasteiger partial charge in [-0.05, 0) is 38.5 Å². The van der Waals surface area contributed by atoms with Crippen LogP contribution < -0.4 is 0 Å². The molecule has 8 nitrogen and oxygen atoms in total. The molecule has 1 aromatic carbocycles. The number of carbonyl (C=O) groups is 1. The summed E-state index contributed by atoms with van der Waals surface area (Å²) in [4.78, 5) is 22.9. The molecule has 0 N–H and O–H groups in total. The number of carbonyl (C=O) groups excluding carboxylic acids is 1. The number of amides is 1. The Balaban J connectivity index is 1.56. The minimum absolute atomic E-state index is 0.123. The van der Waals surface area contributed by atoms with Gasteiger partial charge >= 0.3 is 0 Å². The van der Waals surface area contributed by atoms with Crippen LogP contribution in [0.5, 0.6) is 0 Å². The highest BCUT2D eigenvalue weighted by Gasteiger charge is 2.21. The van der Waals surface area contributed by atoms with E-state index < -0.39 is 0 Å². The molecule has 0 aliphatic heterocycles. The molecule has 30 heavy (non-hydrogen) atoms. The fourth-order valence-corrected chi connectivity index (χ4v) is 3.58. The monoisotopic (exact) mass is 423 g/mol. The molecule has 0 atom stereocenters. The number of halogens is 1. The Morgan fingerprint density at radius 2 is 1.90 bits per heavy atom. The molecule has 0 aliphatic carbocycles. The number of aryl methyl sites for hydroxylation is 2. The van der Waals surface area contributed by atoms with Gasteiger partial charge in [0, 0.05) is 41.8 Å². The van der Waals surface area contributed by atoms with Gasteiger partial charge in [-0.1, -0.05) is 29.8 Å². The SMILES string of the molecule is Cc1nn(Cc2ccccc2Cl)c(C)c1CN(C)C(=O)c1nc2nccc(C)n2n1. The van der Waals surface area contributed by atoms with E-state index in [9.17, 15) is 4.79 Å². The molecule has 0 unspecified atom stereocenters. The van der Waals surface area contributed by atoms with Gasteiger partial charge in [-0.25, -0.2) is 9.50 Å². The first-order valence-corrected chi connectivity index (χ1v) is 9.93. The zero-order chi connectivity index (χ0) is 21.4. The summed E-state index contributed by atoms with van der Waals surface area (Å²) < 4.78 is 3.49. The molecule has 154 valence electrons. The van der Waals surface area contributed by atoms with E-state index in [1.165, 1.54) is 0 Å². The number of aromatic nitrogens is 6. The van der Waals surface area contributed by atoms with E-state index in [1.807, 2.05) is 55.8 Å². The second kappa shape index (κ2) is 7.87. The summed E-state index contributed by atoms with van der Waals surface area (Å²) in [6.45, 7) is 6.81. The lowest BCUT2D eigenvalue weighted by molar-refractivity contribution is 0.0773. The summed E-state index contributed by atoms with van der Waals surface area (Å²) in [7, 11) is 1.73. The number of benzene rings is 1. The molecule has 0 radical (unpaired) electrons. The molecule has 3 heterocycles. The van der Waals surface area contributed by atoms with Crippen LogP contribution in [0.25, 0.3) is 5.78 Å². The lowest BCUT2D eigenvalue weighted by Gasteiger charge is -2.15. The number of nitrogens with zero attached hydrogens (tertiary/aromatic N) is 7. The zero-order valence-corrected chi connectivity index (χ0v) is 18.1. The average Bonchev–Trinajstić information content (AvgIpc) is 3.27. The van der Waals surface area contributed by atoms with Crippen molar-refractivity contribution in [2.24, 2.45) is 0 Å². The van der Waals surface area contributed by atoms with Crippen molar-refractivity contribution in [2.75, 3.05) is 7.05 Å². The number of hydrogen-bond donors (Lipinski definition) is 0. The van der Waals surface area contributed by atoms with Crippen molar-refractivity contribution in [2.45, 2.75) is 33.9 Å². The molecule has 0 spiro atoms. The third-order valence-electron chi connectivity index (χ3n) is 5.17. The van der Waals surface area contributed by atoms with Crippen molar-refractivity contribution in [3.05, 3.63) is 75.6 Å². The summed E-state index contributed by atoms with van der Waals surface area (Å²) in [6.07, 6.45) is 1.65. The normalized spacial score (nSPS) is 11.2. The highest BCUT2D eigenvalue weighted by molar-refractivity contribution is 6.31. The predicted octanol–water partition coefficient (Wildman–Crippen LogP) is 3.22. The van der Waals surface area contributed by atoms with Crippen molar-refractivity contribution in [1.82, 2.24) is 34.3 Å². The van der Waals surface area contributed by atoms with Crippen molar-refractivity contribution >= 4 is 23.3 Å². The van der Waals surface area contributed by atoms with Crippen LogP contribution in [0.3, 0.4) is 0 Å². The molecular formula is C21H22ClN7O. The molecule has 0 fully saturated rings. The topological polar surface area (TPSA) is 81.2 Å². The Bertz CT molecular complexity index is 1240. The van der Waals surface area contributed by atoms with Gasteiger partial charge in [0.25, 0.3) is 11.7 Å². The summed E-state index contributed by atoms with van der Waals surface area (Å²) in [5.41, 5.74) is 4.72. The highest BCUT2D eigenvalue weighted by Crippen LogP contribution is 2.20. The Morgan fingerprint density at radius 3 is 2.63 bits per heavy atom. The third-order valence-corrected chi connectivity index (χ3v) is 5.54. The minimum atomic E-state index is -0.266. The second-order valence-electron chi connectivity index (χ2n) is 7.29. The summed E-state index contributed by atoms with van der Waals surface area (Å²) >= 11 is 6.30. The second-order valence-corrected chi connectivity index (χ2v) is 7.70. The van der Waals surface area contributed by atoms with Crippen LogP contribution in [0.4, 0.5) is 0 Å². The van der Waals surface area contributed by atoms with Gasteiger partial charge in [-0.15, -0.1) is 5.10 Å². The van der Waals surface area contributed by atoms with Crippen molar-refractivity contribution in [1.29, 1.82) is 0 Å². The molecule has 9 heteroatoms. The summed E-state index contributed by atoms with van der Waals surface area (Å²) in [6, 6.07) is 9.54. The van der Waals surface area contributed by atoms with Crippen LogP contribution >= 0.6 is 11.6 Å². The molecule has 0 bridgehead atoms. The third kappa shape index (κ3) is 3.66. The Hall–Kier alpha value is -3.26. The molecule has 0 aliphatic rings. The van der Waals surface area contributed by atoms with Gasteiger partial charge in [-0.2, -0.15) is 10.1 Å². The van der Waals surface area contributed by atoms with Crippen molar-refractivity contribution < 1.29 is 4.79 Å². The average molecular weight is 424 g/mol. The maximum absolute atomic E-state index is 12.9. The maximum Gasteiger partial charge on any atom is 0.293 e. The Labute approximate surface area is 179 Å². The molecule has 0 saturated heterocycles. The molecule has 4 aromatic rings. The van der Waals surface area contributed by atoms with Crippen molar-refractivity contribution in [3.8, 4) is 0 Å². The van der Waals surface area contributed by atoms with E-state index in [0.29, 0.717) is 23.9 Å². The van der Waals surface area contributed by atoms with Gasteiger partial charge in [0.05, 0.1) is 12.2 Å². The standard InChI is InChI=1S/C21H22ClN7O/c1-13-9-10-23-21-24-19(26-29(13)21)20(30)27(4)12-17-14(2)25-28(15(17)3)11-16-7-5-6-8-18(16)22/h5-10H,11-12H2,1-4H3. The largest absolute Gasteiger partial charge is 0.334 e. The minimum Gasteiger partial charge on any atom is -0.334 e. The maximum atomic E-state index is 12.9. The number of hydrogen-bond acceptors (Lipinski definition) is 5. The van der Waals surface area contributed by atoms with E-state index in [-0.39, 0.29) is 11.7 Å². The number of fused-ring (bicyclic) bond motifs is 1. The fraction of sp³-hybridized carbons (Fsp3) is 0.286. The lowest BCUT2D eigenvalue weighted by atomic mass is 10.1. The molecule has 0 saturated carbocycles. The predicted molar refractivity (Wildman–Crippen MR) is 114 cm³/mol. The quantitative estimate of drug-likeness (QED) is 0.492. The van der Waals surface area contributed by atoms with Gasteiger partial charge < -0.3 is 4.90 Å². The lowest BCUT2D eigenvalue weighted by Crippen LogP contribution is -2.27. The molecular weight excluding hydrogens is 402 g/mol. The number of rotatable bonds is 5. The van der Waals surface area contributed by atoms with E-state index in [4.69, 9.17) is 11.6 Å². The summed E-state index contributed by atoms with van der Waals surface area (Å²) in [5.74, 6) is 0.266. The van der Waals surface area contributed by atoms with E-state index in [0.717, 1.165) is 28.2 Å². The molecule has 1 amide bonds. The van der Waals surface area contributed by atoms with Crippen molar-refractivity contribution in [3.63, 3.8) is 0 Å². The fourth-order valence-electron chi connectivity index (χ4n) is 3.38. The van der Waals surface area contributed by atoms with Crippen LogP contribution in [0.15, 0.2) is 36.5 Å². The van der Waals surface area contributed by atoms with Gasteiger partial charge in [0.2, 0.25) is 5.82 Å². The molecule has 3 aromatic heterocycles. The van der Waals surface area contributed by atoms with Gasteiger partial charge in [0.15, 0.2) is 0 Å². The van der Waals surface area contributed by atoms with Crippen LogP contribution in [0, 0.1) is 20.8 Å². The van der Waals surface area contributed by atoms with E-state index >= 15 is 0 Å². The van der Waals surface area contributed by atoms with Gasteiger partial charge in [0.1, 0.15) is 0 Å². The van der Waals surface area contributed by atoms with Crippen LogP contribution in [-0.2, 0) is 13.1 Å². The summed E-state index contributed by atoms with van der Waals surface area (Å²) in [5, 5.41) is 9.67. The Kier molecular flexibility index (Phi) is 5.26. The highest BCUT2D eigenvalue weighted by atomic mass is 35.5. The Morgan fingerprint density at radius 1 is 1.13 bits per heavy atom. The first-order valence-electron chi connectivity index (χ1n) is 9.55. The van der Waals surface area contributed by atoms with E-state index in [1.54, 1.807) is 22.7 Å². The van der Waals surface area contributed by atoms with Crippen LogP contribution in [0.2, 0.25) is 5.02 Å². The molecule has 4 rings (SSSR count). The van der Waals surface area contributed by atoms with Crippen LogP contribution in [-0.4, -0.2) is 47.2 Å². The van der Waals surface area contributed by atoms with Crippen LogP contribution in [0.1, 0.15) is 38.8 Å². The first-order chi connectivity index (χ1) is 14.3. The zero-order valence-electron chi connectivity index (χ0n) is 17.3. The van der Waals surface area contributed by atoms with Gasteiger partial charge in [-0.3, -0.25) is 9.48 Å².